The highest BCUT2D eigenvalue weighted by Crippen LogP contribution is 2.24. The van der Waals surface area contributed by atoms with E-state index in [1.807, 2.05) is 0 Å². The monoisotopic (exact) mass is 350 g/mol. The van der Waals surface area contributed by atoms with Gasteiger partial charge in [-0.25, -0.2) is 5.43 Å². The van der Waals surface area contributed by atoms with Crippen LogP contribution in [-0.2, 0) is 0 Å². The molecule has 24 heavy (non-hydrogen) atoms. The average Bonchev–Trinajstić information content (AvgIpc) is 2.92. The molecule has 0 spiro atoms. The molecule has 2 heterocycles. The van der Waals surface area contributed by atoms with E-state index in [0.29, 0.717) is 17.6 Å². The molecule has 0 saturated carbocycles. The number of non-ortho nitro benzene ring substituents is 1. The largest absolute Gasteiger partial charge is 0.424 e. The number of nitro benzene ring substituents is 1. The van der Waals surface area contributed by atoms with Gasteiger partial charge < -0.3 is 10.1 Å². The Bertz CT molecular complexity index is 742. The topological polar surface area (TPSA) is 114 Å². The van der Waals surface area contributed by atoms with Gasteiger partial charge in [0.05, 0.1) is 11.1 Å². The molecule has 2 unspecified atom stereocenters. The van der Waals surface area contributed by atoms with Gasteiger partial charge >= 0.3 is 6.01 Å². The second-order valence-corrected chi connectivity index (χ2v) is 5.72. The van der Waals surface area contributed by atoms with Gasteiger partial charge in [-0.05, 0) is 25.5 Å². The molecular formula is C14H15ClN6O3. The molecule has 2 atom stereocenters. The van der Waals surface area contributed by atoms with Crippen molar-refractivity contribution < 1.29 is 9.66 Å². The number of halogens is 1. The lowest BCUT2D eigenvalue weighted by molar-refractivity contribution is -0.384. The number of nitrogens with one attached hydrogen (secondary N) is 3. The van der Waals surface area contributed by atoms with Crippen molar-refractivity contribution in [3.63, 3.8) is 0 Å². The van der Waals surface area contributed by atoms with Crippen LogP contribution in [0.4, 0.5) is 11.5 Å². The Labute approximate surface area is 142 Å². The van der Waals surface area contributed by atoms with Gasteiger partial charge in [-0.2, -0.15) is 9.97 Å². The third kappa shape index (κ3) is 4.07. The van der Waals surface area contributed by atoms with E-state index < -0.39 is 4.92 Å². The molecule has 1 fully saturated rings. The first-order valence-electron chi connectivity index (χ1n) is 7.24. The van der Waals surface area contributed by atoms with E-state index >= 15 is 0 Å². The van der Waals surface area contributed by atoms with Crippen LogP contribution in [0.5, 0.6) is 11.8 Å². The van der Waals surface area contributed by atoms with Crippen molar-refractivity contribution in [2.24, 2.45) is 0 Å². The SMILES string of the molecule is CC1CC(Nc2cc(Cl)nc(Oc3ccc([N+](=O)[O-])cc3)n2)NN1. The third-order valence-electron chi connectivity index (χ3n) is 3.35. The molecule has 1 saturated heterocycles. The number of benzene rings is 1. The number of aromatic nitrogens is 2. The van der Waals surface area contributed by atoms with Crippen molar-refractivity contribution >= 4 is 23.1 Å². The molecule has 9 nitrogen and oxygen atoms in total. The quantitative estimate of drug-likeness (QED) is 0.428. The van der Waals surface area contributed by atoms with Gasteiger partial charge in [0.2, 0.25) is 0 Å². The van der Waals surface area contributed by atoms with E-state index in [9.17, 15) is 10.1 Å². The molecule has 10 heteroatoms. The molecule has 0 amide bonds. The van der Waals surface area contributed by atoms with Gasteiger partial charge in [0, 0.05) is 24.2 Å². The smallest absolute Gasteiger partial charge is 0.325 e. The van der Waals surface area contributed by atoms with E-state index in [2.05, 4.69) is 33.1 Å². The summed E-state index contributed by atoms with van der Waals surface area (Å²) in [5.41, 5.74) is 6.17. The first-order chi connectivity index (χ1) is 11.5. The molecule has 2 aromatic rings. The highest BCUT2D eigenvalue weighted by atomic mass is 35.5. The number of nitrogens with zero attached hydrogens (tertiary/aromatic N) is 3. The maximum Gasteiger partial charge on any atom is 0.325 e. The summed E-state index contributed by atoms with van der Waals surface area (Å²) in [6.07, 6.45) is 0.887. The van der Waals surface area contributed by atoms with E-state index in [1.54, 1.807) is 6.07 Å². The van der Waals surface area contributed by atoms with Crippen LogP contribution in [0.15, 0.2) is 30.3 Å². The summed E-state index contributed by atoms with van der Waals surface area (Å²) in [6, 6.07) is 7.62. The first kappa shape index (κ1) is 16.4. The third-order valence-corrected chi connectivity index (χ3v) is 3.54. The lowest BCUT2D eigenvalue weighted by Crippen LogP contribution is -2.36. The van der Waals surface area contributed by atoms with Crippen molar-refractivity contribution in [3.8, 4) is 11.8 Å². The molecule has 3 N–H and O–H groups in total. The number of hydrogen-bond donors (Lipinski definition) is 3. The zero-order valence-corrected chi connectivity index (χ0v) is 13.4. The molecule has 126 valence electrons. The number of hydrogen-bond acceptors (Lipinski definition) is 8. The van der Waals surface area contributed by atoms with Crippen LogP contribution in [0.3, 0.4) is 0 Å². The molecule has 1 aromatic carbocycles. The maximum atomic E-state index is 10.7. The van der Waals surface area contributed by atoms with E-state index in [1.165, 1.54) is 24.3 Å². The molecular weight excluding hydrogens is 336 g/mol. The lowest BCUT2D eigenvalue weighted by atomic mass is 10.2. The zero-order valence-electron chi connectivity index (χ0n) is 12.7. The minimum atomic E-state index is -0.481. The summed E-state index contributed by atoms with van der Waals surface area (Å²) < 4.78 is 5.51. The number of rotatable bonds is 5. The summed E-state index contributed by atoms with van der Waals surface area (Å²) in [5.74, 6) is 0.892. The summed E-state index contributed by atoms with van der Waals surface area (Å²) in [6.45, 7) is 2.06. The van der Waals surface area contributed by atoms with Crippen molar-refractivity contribution in [1.82, 2.24) is 20.8 Å². The molecule has 3 rings (SSSR count). The Kier molecular flexibility index (Phi) is 4.74. The van der Waals surface area contributed by atoms with Gasteiger partial charge in [0.15, 0.2) is 0 Å². The predicted molar refractivity (Wildman–Crippen MR) is 88.0 cm³/mol. The zero-order chi connectivity index (χ0) is 17.1. The van der Waals surface area contributed by atoms with Crippen LogP contribution in [0.1, 0.15) is 13.3 Å². The second-order valence-electron chi connectivity index (χ2n) is 5.33. The summed E-state index contributed by atoms with van der Waals surface area (Å²) in [5, 5.41) is 14.1. The number of ether oxygens (including phenoxy) is 1. The normalized spacial score (nSPS) is 19.9. The maximum absolute atomic E-state index is 10.7. The molecule has 1 aromatic heterocycles. The van der Waals surface area contributed by atoms with Crippen LogP contribution in [0, 0.1) is 10.1 Å². The predicted octanol–water partition coefficient (Wildman–Crippen LogP) is 2.45. The lowest BCUT2D eigenvalue weighted by Gasteiger charge is -2.13. The van der Waals surface area contributed by atoms with Crippen LogP contribution in [-0.4, -0.2) is 27.1 Å². The minimum absolute atomic E-state index is 0.0122. The van der Waals surface area contributed by atoms with Crippen LogP contribution >= 0.6 is 11.6 Å². The van der Waals surface area contributed by atoms with Crippen LogP contribution in [0.2, 0.25) is 5.15 Å². The number of anilines is 1. The molecule has 0 radical (unpaired) electrons. The van der Waals surface area contributed by atoms with Gasteiger partial charge in [-0.1, -0.05) is 11.6 Å². The number of hydrazine groups is 1. The highest BCUT2D eigenvalue weighted by Gasteiger charge is 2.20. The average molecular weight is 351 g/mol. The summed E-state index contributed by atoms with van der Waals surface area (Å²) >= 11 is 6.00. The minimum Gasteiger partial charge on any atom is -0.424 e. The Morgan fingerprint density at radius 3 is 2.71 bits per heavy atom. The van der Waals surface area contributed by atoms with Gasteiger partial charge in [-0.15, -0.1) is 0 Å². The molecule has 1 aliphatic rings. The highest BCUT2D eigenvalue weighted by molar-refractivity contribution is 6.29. The Balaban J connectivity index is 1.72. The van der Waals surface area contributed by atoms with E-state index in [4.69, 9.17) is 16.3 Å². The standard InChI is InChI=1S/C14H15ClN6O3/c1-8-6-13(20-19-8)17-12-7-11(15)16-14(18-12)24-10-4-2-9(3-5-10)21(22)23/h2-5,7-8,13,19-20H,6H2,1H3,(H,16,17,18). The summed E-state index contributed by atoms with van der Waals surface area (Å²) in [7, 11) is 0. The Morgan fingerprint density at radius 2 is 2.08 bits per heavy atom. The van der Waals surface area contributed by atoms with Crippen molar-refractivity contribution in [3.05, 3.63) is 45.6 Å². The van der Waals surface area contributed by atoms with Crippen molar-refractivity contribution in [2.45, 2.75) is 25.6 Å². The van der Waals surface area contributed by atoms with Crippen LogP contribution < -0.4 is 20.9 Å². The molecule has 0 bridgehead atoms. The Hall–Kier alpha value is -2.49. The fourth-order valence-electron chi connectivity index (χ4n) is 2.25. The molecule has 0 aliphatic carbocycles. The summed E-state index contributed by atoms with van der Waals surface area (Å²) in [4.78, 5) is 18.4. The fraction of sp³-hybridized carbons (Fsp3) is 0.286. The van der Waals surface area contributed by atoms with Gasteiger partial charge in [0.1, 0.15) is 16.7 Å². The van der Waals surface area contributed by atoms with Crippen molar-refractivity contribution in [2.75, 3.05) is 5.32 Å². The van der Waals surface area contributed by atoms with Crippen LogP contribution in [0.25, 0.3) is 0 Å². The second kappa shape index (κ2) is 6.95. The first-order valence-corrected chi connectivity index (χ1v) is 7.62. The Morgan fingerprint density at radius 1 is 1.33 bits per heavy atom. The number of nitro groups is 1. The van der Waals surface area contributed by atoms with Gasteiger partial charge in [0.25, 0.3) is 5.69 Å². The van der Waals surface area contributed by atoms with E-state index in [0.717, 1.165) is 6.42 Å². The fourth-order valence-corrected chi connectivity index (χ4v) is 2.42. The van der Waals surface area contributed by atoms with Crippen molar-refractivity contribution in [1.29, 1.82) is 0 Å². The molecule has 1 aliphatic heterocycles. The van der Waals surface area contributed by atoms with Gasteiger partial charge in [-0.3, -0.25) is 15.5 Å². The van der Waals surface area contributed by atoms with E-state index in [-0.39, 0.29) is 23.0 Å².